The van der Waals surface area contributed by atoms with Crippen molar-refractivity contribution in [2.75, 3.05) is 24.6 Å². The predicted molar refractivity (Wildman–Crippen MR) is 70.8 cm³/mol. The van der Waals surface area contributed by atoms with E-state index in [1.807, 2.05) is 0 Å². The summed E-state index contributed by atoms with van der Waals surface area (Å²) in [5.41, 5.74) is 0. The van der Waals surface area contributed by atoms with Gasteiger partial charge in [0.1, 0.15) is 0 Å². The monoisotopic (exact) mass is 259 g/mol. The first-order valence-corrected chi connectivity index (χ1v) is 8.78. The molecular weight excluding hydrogens is 234 g/mol. The summed E-state index contributed by atoms with van der Waals surface area (Å²) in [5.74, 6) is 2.90. The van der Waals surface area contributed by atoms with E-state index in [2.05, 4.69) is 12.2 Å². The summed E-state index contributed by atoms with van der Waals surface area (Å²) >= 11 is 0. The zero-order chi connectivity index (χ0) is 12.3. The van der Waals surface area contributed by atoms with Crippen molar-refractivity contribution in [3.05, 3.63) is 0 Å². The molecular formula is C13H25NO2S. The second-order valence-electron chi connectivity index (χ2n) is 6.05. The second-order valence-corrected chi connectivity index (χ2v) is 8.28. The topological polar surface area (TPSA) is 46.2 Å². The zero-order valence-electron chi connectivity index (χ0n) is 10.8. The van der Waals surface area contributed by atoms with Gasteiger partial charge in [-0.1, -0.05) is 19.8 Å². The SMILES string of the molecule is CC1CCC(CNCC2CCS(=O)(=O)C2)CC1. The summed E-state index contributed by atoms with van der Waals surface area (Å²) in [7, 11) is -2.70. The van der Waals surface area contributed by atoms with E-state index in [1.165, 1.54) is 25.7 Å². The smallest absolute Gasteiger partial charge is 0.150 e. The van der Waals surface area contributed by atoms with Crippen molar-refractivity contribution in [3.8, 4) is 0 Å². The fourth-order valence-corrected chi connectivity index (χ4v) is 4.92. The minimum absolute atomic E-state index is 0.363. The molecule has 1 heterocycles. The van der Waals surface area contributed by atoms with Crippen LogP contribution in [0.1, 0.15) is 39.0 Å². The molecule has 2 rings (SSSR count). The molecule has 4 heteroatoms. The van der Waals surface area contributed by atoms with Gasteiger partial charge in [0, 0.05) is 0 Å². The number of hydrogen-bond donors (Lipinski definition) is 1. The molecule has 1 saturated carbocycles. The maximum atomic E-state index is 11.3. The summed E-state index contributed by atoms with van der Waals surface area (Å²) in [6.45, 7) is 4.32. The van der Waals surface area contributed by atoms with Gasteiger partial charge in [0.2, 0.25) is 0 Å². The minimum atomic E-state index is -2.70. The predicted octanol–water partition coefficient (Wildman–Crippen LogP) is 1.84. The average molecular weight is 259 g/mol. The first-order chi connectivity index (χ1) is 8.05. The van der Waals surface area contributed by atoms with Gasteiger partial charge in [-0.3, -0.25) is 0 Å². The van der Waals surface area contributed by atoms with E-state index in [-0.39, 0.29) is 0 Å². The Labute approximate surface area is 105 Å². The normalized spacial score (nSPS) is 37.1. The highest BCUT2D eigenvalue weighted by molar-refractivity contribution is 7.91. The molecule has 0 amide bonds. The van der Waals surface area contributed by atoms with Crippen LogP contribution < -0.4 is 5.32 Å². The van der Waals surface area contributed by atoms with E-state index in [1.54, 1.807) is 0 Å². The molecule has 3 nitrogen and oxygen atoms in total. The average Bonchev–Trinajstić information content (AvgIpc) is 2.61. The van der Waals surface area contributed by atoms with Crippen LogP contribution in [0.25, 0.3) is 0 Å². The second kappa shape index (κ2) is 5.70. The van der Waals surface area contributed by atoms with Gasteiger partial charge in [-0.05, 0) is 50.1 Å². The van der Waals surface area contributed by atoms with Crippen molar-refractivity contribution >= 4 is 9.84 Å². The van der Waals surface area contributed by atoms with E-state index in [9.17, 15) is 8.42 Å². The van der Waals surface area contributed by atoms with Crippen LogP contribution in [-0.4, -0.2) is 33.0 Å². The highest BCUT2D eigenvalue weighted by Gasteiger charge is 2.27. The van der Waals surface area contributed by atoms with E-state index in [0.29, 0.717) is 17.4 Å². The molecule has 17 heavy (non-hydrogen) atoms. The summed E-state index contributed by atoms with van der Waals surface area (Å²) in [5, 5.41) is 3.49. The standard InChI is InChI=1S/C13H25NO2S/c1-11-2-4-12(5-3-11)8-14-9-13-6-7-17(15,16)10-13/h11-14H,2-10H2,1H3. The van der Waals surface area contributed by atoms with Gasteiger partial charge < -0.3 is 5.32 Å². The molecule has 0 radical (unpaired) electrons. The quantitative estimate of drug-likeness (QED) is 0.838. The van der Waals surface area contributed by atoms with Gasteiger partial charge in [-0.15, -0.1) is 0 Å². The van der Waals surface area contributed by atoms with E-state index >= 15 is 0 Å². The van der Waals surface area contributed by atoms with E-state index in [4.69, 9.17) is 0 Å². The number of hydrogen-bond acceptors (Lipinski definition) is 3. The lowest BCUT2D eigenvalue weighted by Gasteiger charge is -2.26. The Kier molecular flexibility index (Phi) is 4.47. The van der Waals surface area contributed by atoms with Crippen molar-refractivity contribution < 1.29 is 8.42 Å². The highest BCUT2D eigenvalue weighted by atomic mass is 32.2. The summed E-state index contributed by atoms with van der Waals surface area (Å²) in [6, 6.07) is 0. The fraction of sp³-hybridized carbons (Fsp3) is 1.00. The molecule has 0 aromatic heterocycles. The summed E-state index contributed by atoms with van der Waals surface area (Å²) < 4.78 is 22.6. The van der Waals surface area contributed by atoms with Crippen LogP contribution in [0.4, 0.5) is 0 Å². The van der Waals surface area contributed by atoms with Crippen LogP contribution >= 0.6 is 0 Å². The van der Waals surface area contributed by atoms with Crippen molar-refractivity contribution in [2.45, 2.75) is 39.0 Å². The third kappa shape index (κ3) is 4.25. The van der Waals surface area contributed by atoms with Crippen molar-refractivity contribution in [3.63, 3.8) is 0 Å². The molecule has 2 fully saturated rings. The molecule has 0 aromatic carbocycles. The Morgan fingerprint density at radius 3 is 2.24 bits per heavy atom. The number of sulfone groups is 1. The summed E-state index contributed by atoms with van der Waals surface area (Å²) in [6.07, 6.45) is 6.28. The van der Waals surface area contributed by atoms with Gasteiger partial charge in [0.15, 0.2) is 9.84 Å². The Hall–Kier alpha value is -0.0900. The Bertz CT molecular complexity index is 331. The highest BCUT2D eigenvalue weighted by Crippen LogP contribution is 2.27. The number of nitrogens with one attached hydrogen (secondary N) is 1. The molecule has 1 saturated heterocycles. The lowest BCUT2D eigenvalue weighted by atomic mass is 9.83. The van der Waals surface area contributed by atoms with Gasteiger partial charge in [-0.25, -0.2) is 8.42 Å². The van der Waals surface area contributed by atoms with Gasteiger partial charge in [-0.2, -0.15) is 0 Å². The van der Waals surface area contributed by atoms with Gasteiger partial charge in [0.25, 0.3) is 0 Å². The Morgan fingerprint density at radius 2 is 1.65 bits per heavy atom. The zero-order valence-corrected chi connectivity index (χ0v) is 11.6. The van der Waals surface area contributed by atoms with Crippen LogP contribution in [0, 0.1) is 17.8 Å². The van der Waals surface area contributed by atoms with Crippen LogP contribution in [0.3, 0.4) is 0 Å². The molecule has 0 aromatic rings. The van der Waals surface area contributed by atoms with E-state index < -0.39 is 9.84 Å². The van der Waals surface area contributed by atoms with Gasteiger partial charge in [0.05, 0.1) is 11.5 Å². The Balaban J connectivity index is 1.60. The third-order valence-corrected chi connectivity index (χ3v) is 6.17. The molecule has 100 valence electrons. The molecule has 0 bridgehead atoms. The molecule has 2 aliphatic rings. The Morgan fingerprint density at radius 1 is 1.00 bits per heavy atom. The first kappa shape index (κ1) is 13.3. The largest absolute Gasteiger partial charge is 0.316 e. The fourth-order valence-electron chi connectivity index (χ4n) is 3.06. The van der Waals surface area contributed by atoms with Crippen molar-refractivity contribution in [2.24, 2.45) is 17.8 Å². The maximum absolute atomic E-state index is 11.3. The van der Waals surface area contributed by atoms with Crippen molar-refractivity contribution in [1.29, 1.82) is 0 Å². The van der Waals surface area contributed by atoms with Crippen LogP contribution in [-0.2, 0) is 9.84 Å². The van der Waals surface area contributed by atoms with E-state index in [0.717, 1.165) is 31.3 Å². The molecule has 1 aliphatic heterocycles. The summed E-state index contributed by atoms with van der Waals surface area (Å²) in [4.78, 5) is 0. The maximum Gasteiger partial charge on any atom is 0.150 e. The lowest BCUT2D eigenvalue weighted by Crippen LogP contribution is -2.30. The molecule has 1 aliphatic carbocycles. The molecule has 1 unspecified atom stereocenters. The van der Waals surface area contributed by atoms with Crippen LogP contribution in [0.5, 0.6) is 0 Å². The van der Waals surface area contributed by atoms with Crippen LogP contribution in [0.15, 0.2) is 0 Å². The number of rotatable bonds is 4. The lowest BCUT2D eigenvalue weighted by molar-refractivity contribution is 0.279. The molecule has 1 atom stereocenters. The van der Waals surface area contributed by atoms with Gasteiger partial charge >= 0.3 is 0 Å². The third-order valence-electron chi connectivity index (χ3n) is 4.33. The molecule has 0 spiro atoms. The minimum Gasteiger partial charge on any atom is -0.316 e. The van der Waals surface area contributed by atoms with Crippen LogP contribution in [0.2, 0.25) is 0 Å². The van der Waals surface area contributed by atoms with Crippen molar-refractivity contribution in [1.82, 2.24) is 5.32 Å². The molecule has 1 N–H and O–H groups in total. The first-order valence-electron chi connectivity index (χ1n) is 6.96.